The van der Waals surface area contributed by atoms with Crippen LogP contribution in [0.15, 0.2) is 29.2 Å². The van der Waals surface area contributed by atoms with E-state index in [1.165, 1.54) is 6.42 Å². The zero-order valence-electron chi connectivity index (χ0n) is 14.7. The maximum Gasteiger partial charge on any atom is 0.223 e. The molecular formula is C18H27ClN2O3S. The number of halogens is 1. The van der Waals surface area contributed by atoms with E-state index in [1.807, 2.05) is 11.8 Å². The van der Waals surface area contributed by atoms with Crippen molar-refractivity contribution < 1.29 is 13.2 Å². The largest absolute Gasteiger partial charge is 0.343 e. The van der Waals surface area contributed by atoms with Gasteiger partial charge in [0.05, 0.1) is 10.6 Å². The first-order valence-electron chi connectivity index (χ1n) is 8.68. The van der Waals surface area contributed by atoms with Crippen LogP contribution in [-0.4, -0.2) is 51.2 Å². The van der Waals surface area contributed by atoms with Crippen molar-refractivity contribution in [3.05, 3.63) is 29.8 Å². The number of rotatable bonds is 4. The van der Waals surface area contributed by atoms with Crippen molar-refractivity contribution in [2.45, 2.75) is 37.5 Å². The molecule has 0 atom stereocenters. The number of carbonyl (C=O) groups excluding carboxylic acids is 1. The molecule has 140 valence electrons. The summed E-state index contributed by atoms with van der Waals surface area (Å²) >= 11 is 0. The van der Waals surface area contributed by atoms with Crippen LogP contribution in [0.2, 0.25) is 0 Å². The summed E-state index contributed by atoms with van der Waals surface area (Å²) in [5.74, 6) is -0.149. The first-order valence-corrected chi connectivity index (χ1v) is 10.3. The number of hydrogen-bond donors (Lipinski definition) is 1. The fourth-order valence-corrected chi connectivity index (χ4v) is 4.93. The van der Waals surface area contributed by atoms with Gasteiger partial charge in [-0.25, -0.2) is 8.42 Å². The molecule has 0 aliphatic carbocycles. The lowest BCUT2D eigenvalue weighted by molar-refractivity contribution is -0.132. The zero-order valence-corrected chi connectivity index (χ0v) is 16.3. The van der Waals surface area contributed by atoms with Gasteiger partial charge in [0.25, 0.3) is 0 Å². The first kappa shape index (κ1) is 20.2. The second-order valence-corrected chi connectivity index (χ2v) is 9.30. The molecule has 25 heavy (non-hydrogen) atoms. The Bertz CT molecular complexity index is 688. The molecule has 3 rings (SSSR count). The quantitative estimate of drug-likeness (QED) is 0.861. The second-order valence-electron chi connectivity index (χ2n) is 7.19. The Morgan fingerprint density at radius 1 is 1.16 bits per heavy atom. The lowest BCUT2D eigenvalue weighted by atomic mass is 9.78. The molecule has 0 radical (unpaired) electrons. The Morgan fingerprint density at radius 3 is 2.36 bits per heavy atom. The Hall–Kier alpha value is -1.11. The lowest BCUT2D eigenvalue weighted by Crippen LogP contribution is -2.44. The molecule has 2 fully saturated rings. The fraction of sp³-hybridized carbons (Fsp3) is 0.611. The van der Waals surface area contributed by atoms with E-state index in [0.717, 1.165) is 44.6 Å². The van der Waals surface area contributed by atoms with E-state index in [0.29, 0.717) is 10.3 Å². The summed E-state index contributed by atoms with van der Waals surface area (Å²) in [5.41, 5.74) is 1.39. The van der Waals surface area contributed by atoms with Crippen LogP contribution in [0, 0.1) is 12.3 Å². The number of carbonyl (C=O) groups is 1. The molecule has 1 aromatic rings. The molecular weight excluding hydrogens is 360 g/mol. The summed E-state index contributed by atoms with van der Waals surface area (Å²) in [6.07, 6.45) is 3.31. The summed E-state index contributed by atoms with van der Waals surface area (Å²) < 4.78 is 24.7. The predicted octanol–water partition coefficient (Wildman–Crippen LogP) is 2.18. The molecule has 5 nitrogen and oxygen atoms in total. The monoisotopic (exact) mass is 386 g/mol. The molecule has 0 saturated carbocycles. The van der Waals surface area contributed by atoms with Crippen molar-refractivity contribution in [2.75, 3.05) is 31.9 Å². The molecule has 1 aromatic carbocycles. The van der Waals surface area contributed by atoms with Crippen molar-refractivity contribution >= 4 is 28.2 Å². The summed E-state index contributed by atoms with van der Waals surface area (Å²) in [4.78, 5) is 14.5. The van der Waals surface area contributed by atoms with Crippen LogP contribution < -0.4 is 5.32 Å². The third-order valence-electron chi connectivity index (χ3n) is 5.47. The van der Waals surface area contributed by atoms with Crippen molar-refractivity contribution in [2.24, 2.45) is 5.41 Å². The van der Waals surface area contributed by atoms with Crippen LogP contribution in [0.3, 0.4) is 0 Å². The number of piperidine rings is 1. The Balaban J connectivity index is 0.00000225. The van der Waals surface area contributed by atoms with Gasteiger partial charge >= 0.3 is 0 Å². The summed E-state index contributed by atoms with van der Waals surface area (Å²) in [7, 11) is -3.39. The predicted molar refractivity (Wildman–Crippen MR) is 101 cm³/mol. The summed E-state index contributed by atoms with van der Waals surface area (Å²) in [5, 5.41) is 3.41. The average molecular weight is 387 g/mol. The van der Waals surface area contributed by atoms with Gasteiger partial charge in [-0.15, -0.1) is 12.4 Å². The van der Waals surface area contributed by atoms with Gasteiger partial charge in [0, 0.05) is 26.1 Å². The maximum absolute atomic E-state index is 12.4. The number of hydrogen-bond acceptors (Lipinski definition) is 4. The number of sulfone groups is 1. The van der Waals surface area contributed by atoms with E-state index in [1.54, 1.807) is 24.3 Å². The van der Waals surface area contributed by atoms with Gasteiger partial charge in [-0.05, 0) is 50.3 Å². The average Bonchev–Trinajstić information content (AvgIpc) is 3.02. The second kappa shape index (κ2) is 8.06. The molecule has 2 aliphatic heterocycles. The Morgan fingerprint density at radius 2 is 1.80 bits per heavy atom. The van der Waals surface area contributed by atoms with Crippen LogP contribution in [0.4, 0.5) is 0 Å². The molecule has 2 saturated heterocycles. The Kier molecular flexibility index (Phi) is 6.51. The molecule has 2 heterocycles. The lowest BCUT2D eigenvalue weighted by Gasteiger charge is -2.38. The van der Waals surface area contributed by atoms with Gasteiger partial charge in [0.15, 0.2) is 9.84 Å². The van der Waals surface area contributed by atoms with Gasteiger partial charge in [-0.3, -0.25) is 4.79 Å². The molecule has 0 aromatic heterocycles. The minimum absolute atomic E-state index is 0. The van der Waals surface area contributed by atoms with Gasteiger partial charge in [0.2, 0.25) is 5.91 Å². The first-order chi connectivity index (χ1) is 11.4. The topological polar surface area (TPSA) is 66.5 Å². The highest BCUT2D eigenvalue weighted by molar-refractivity contribution is 7.91. The molecule has 1 spiro atoms. The summed E-state index contributed by atoms with van der Waals surface area (Å²) in [6, 6.07) is 6.81. The highest BCUT2D eigenvalue weighted by Crippen LogP contribution is 2.37. The number of nitrogens with zero attached hydrogens (tertiary/aromatic N) is 1. The van der Waals surface area contributed by atoms with Crippen molar-refractivity contribution in [3.8, 4) is 0 Å². The molecule has 1 amide bonds. The van der Waals surface area contributed by atoms with E-state index in [2.05, 4.69) is 5.32 Å². The normalized spacial score (nSPS) is 19.6. The van der Waals surface area contributed by atoms with E-state index in [4.69, 9.17) is 0 Å². The number of amides is 1. The van der Waals surface area contributed by atoms with Crippen molar-refractivity contribution in [3.63, 3.8) is 0 Å². The molecule has 2 aliphatic rings. The SMILES string of the molecule is Cc1ccc(S(=O)(=O)CCC(=O)N2CCC3(CCNC3)CC2)cc1.Cl. The van der Waals surface area contributed by atoms with Gasteiger partial charge in [0.1, 0.15) is 0 Å². The molecule has 0 bridgehead atoms. The third-order valence-corrected chi connectivity index (χ3v) is 7.21. The highest BCUT2D eigenvalue weighted by atomic mass is 35.5. The molecule has 7 heteroatoms. The molecule has 0 unspecified atom stereocenters. The highest BCUT2D eigenvalue weighted by Gasteiger charge is 2.38. The van der Waals surface area contributed by atoms with E-state index in [9.17, 15) is 13.2 Å². The smallest absolute Gasteiger partial charge is 0.223 e. The standard InChI is InChI=1S/C18H26N2O3S.ClH/c1-15-2-4-16(5-3-15)24(22,23)13-6-17(21)20-11-8-18(9-12-20)7-10-19-14-18;/h2-5,19H,6-14H2,1H3;1H. The third kappa shape index (κ3) is 4.74. The molecule has 1 N–H and O–H groups in total. The van der Waals surface area contributed by atoms with E-state index < -0.39 is 9.84 Å². The minimum atomic E-state index is -3.39. The maximum atomic E-state index is 12.4. The van der Waals surface area contributed by atoms with Crippen LogP contribution in [0.25, 0.3) is 0 Å². The van der Waals surface area contributed by atoms with Crippen molar-refractivity contribution in [1.29, 1.82) is 0 Å². The van der Waals surface area contributed by atoms with E-state index in [-0.39, 0.29) is 30.5 Å². The number of likely N-dealkylation sites (tertiary alicyclic amines) is 1. The zero-order chi connectivity index (χ0) is 17.2. The fourth-order valence-electron chi connectivity index (χ4n) is 3.70. The van der Waals surface area contributed by atoms with Crippen LogP contribution in [-0.2, 0) is 14.6 Å². The van der Waals surface area contributed by atoms with Gasteiger partial charge in [-0.1, -0.05) is 17.7 Å². The van der Waals surface area contributed by atoms with Gasteiger partial charge in [-0.2, -0.15) is 0 Å². The summed E-state index contributed by atoms with van der Waals surface area (Å²) in [6.45, 7) is 5.55. The van der Waals surface area contributed by atoms with E-state index >= 15 is 0 Å². The van der Waals surface area contributed by atoms with Crippen LogP contribution in [0.5, 0.6) is 0 Å². The number of benzene rings is 1. The number of nitrogens with one attached hydrogen (secondary N) is 1. The van der Waals surface area contributed by atoms with Crippen LogP contribution >= 0.6 is 12.4 Å². The Labute approximate surface area is 156 Å². The van der Waals surface area contributed by atoms with Crippen LogP contribution in [0.1, 0.15) is 31.2 Å². The van der Waals surface area contributed by atoms with Gasteiger partial charge < -0.3 is 10.2 Å². The minimum Gasteiger partial charge on any atom is -0.343 e. The number of aryl methyl sites for hydroxylation is 1. The van der Waals surface area contributed by atoms with Crippen molar-refractivity contribution in [1.82, 2.24) is 10.2 Å².